The van der Waals surface area contributed by atoms with Crippen LogP contribution >= 0.6 is 0 Å². The molecule has 0 radical (unpaired) electrons. The number of imidazole rings is 4. The van der Waals surface area contributed by atoms with Crippen LogP contribution in [0, 0.1) is 0 Å². The van der Waals surface area contributed by atoms with Crippen molar-refractivity contribution in [3.8, 4) is 0 Å². The van der Waals surface area contributed by atoms with Gasteiger partial charge in [0, 0.05) is 86.3 Å². The van der Waals surface area contributed by atoms with E-state index in [0.717, 1.165) is 0 Å². The van der Waals surface area contributed by atoms with Gasteiger partial charge in [-0.25, -0.2) is 29.5 Å². The van der Waals surface area contributed by atoms with Crippen molar-refractivity contribution in [2.24, 2.45) is 0 Å². The first kappa shape index (κ1) is 52.7. The summed E-state index contributed by atoms with van der Waals surface area (Å²) in [5, 5.41) is 52.7. The Kier molecular flexibility index (Phi) is 22.7. The molecule has 62 heavy (non-hydrogen) atoms. The van der Waals surface area contributed by atoms with Crippen LogP contribution in [-0.2, 0) is 64.0 Å². The summed E-state index contributed by atoms with van der Waals surface area (Å²) in [6.07, 6.45) is 9.75. The maximum atomic E-state index is 13.3. The van der Waals surface area contributed by atoms with Gasteiger partial charge >= 0.3 is 71.1 Å². The number of aromatic nitrogens is 8. The molecule has 0 saturated carbocycles. The molecule has 10 N–H and O–H groups in total. The number of hydrogen-bond donors (Lipinski definition) is 10. The summed E-state index contributed by atoms with van der Waals surface area (Å²) in [4.78, 5) is 129. The van der Waals surface area contributed by atoms with Crippen LogP contribution in [0.15, 0.2) is 50.1 Å². The number of carbonyl (C=O) groups excluding carboxylic acids is 6. The normalized spacial score (nSPS) is 12.7. The van der Waals surface area contributed by atoms with Crippen LogP contribution in [0.2, 0.25) is 0 Å². The zero-order chi connectivity index (χ0) is 43.6. The monoisotopic (exact) mass is 884 g/mol. The van der Waals surface area contributed by atoms with E-state index in [1.54, 1.807) is 0 Å². The van der Waals surface area contributed by atoms with Crippen molar-refractivity contribution in [1.29, 1.82) is 0 Å². The van der Waals surface area contributed by atoms with Crippen LogP contribution in [-0.4, -0.2) is 171 Å². The van der Waals surface area contributed by atoms with Gasteiger partial charge in [-0.3, -0.25) is 29.0 Å². The number of aromatic amines is 4. The van der Waals surface area contributed by atoms with Crippen LogP contribution in [0.3, 0.4) is 0 Å². The van der Waals surface area contributed by atoms with Crippen LogP contribution < -0.4 is 90.6 Å². The smallest absolute Gasteiger partial charge is 0.548 e. The molecule has 0 aliphatic heterocycles. The number of amides is 4. The number of nitrogens with zero attached hydrogens (tertiary/aromatic N) is 6. The Bertz CT molecular complexity index is 1750. The van der Waals surface area contributed by atoms with Gasteiger partial charge in [0.1, 0.15) is 12.1 Å². The van der Waals surface area contributed by atoms with Crippen LogP contribution in [0.1, 0.15) is 22.8 Å². The van der Waals surface area contributed by atoms with Crippen molar-refractivity contribution >= 4 is 47.5 Å². The Balaban J connectivity index is 0.00000661. The third kappa shape index (κ3) is 18.6. The van der Waals surface area contributed by atoms with E-state index < -0.39 is 97.9 Å². The predicted octanol–water partition coefficient (Wildman–Crippen LogP) is -12.9. The molecule has 4 aromatic heterocycles. The molecule has 0 fully saturated rings. The van der Waals surface area contributed by atoms with E-state index in [9.17, 15) is 58.8 Å². The van der Waals surface area contributed by atoms with E-state index in [-0.39, 0.29) is 97.9 Å². The van der Waals surface area contributed by atoms with E-state index in [2.05, 4.69) is 61.1 Å². The summed E-state index contributed by atoms with van der Waals surface area (Å²) in [7, 11) is 0. The number of carboxylic acid groups (broad SMARTS) is 4. The topological polar surface area (TPSA) is 392 Å². The second kappa shape index (κ2) is 26.8. The molecule has 4 heterocycles. The van der Waals surface area contributed by atoms with Crippen molar-refractivity contribution in [2.45, 2.75) is 49.9 Å². The van der Waals surface area contributed by atoms with Gasteiger partial charge in [-0.15, -0.1) is 0 Å². The molecule has 0 bridgehead atoms. The third-order valence-corrected chi connectivity index (χ3v) is 8.62. The second-order valence-electron chi connectivity index (χ2n) is 13.3. The standard InChI is InChI=1S/C34H44N14O12.2Na/c49-27(43-23(31(53)54)3-19-7-35-15-39-19)11-47(12-28(50)44-24(32(55)56)4-20-8-36-16-40-20)1-2-48(13-29(51)45-25(33(57)58)5-21-9-37-17-41-21)14-30(52)46-26(34(59)60)6-22-10-38-18-42-22;;/h7-10,15-18,23-26H,1-6,11-14H2,(H,35,39)(H,36,40)(H,37,41)(H,38,42)(H,43,49)(H,44,50)(H,45,51)(H,46,52)(H,53,54)(H,55,56)(H,57,58)(H,59,60);;/q;2*+1/p-2. The van der Waals surface area contributed by atoms with Gasteiger partial charge < -0.3 is 71.2 Å². The van der Waals surface area contributed by atoms with Crippen molar-refractivity contribution in [2.75, 3.05) is 39.3 Å². The first-order valence-electron chi connectivity index (χ1n) is 18.0. The van der Waals surface area contributed by atoms with E-state index in [1.807, 2.05) is 0 Å². The van der Waals surface area contributed by atoms with Gasteiger partial charge in [-0.1, -0.05) is 0 Å². The molecule has 26 nitrogen and oxygen atoms in total. The number of aliphatic carboxylic acids is 4. The maximum absolute atomic E-state index is 13.3. The fourth-order valence-corrected chi connectivity index (χ4v) is 5.73. The molecular formula is C34H42N14Na2O12. The zero-order valence-corrected chi connectivity index (χ0v) is 37.7. The third-order valence-electron chi connectivity index (χ3n) is 8.62. The quantitative estimate of drug-likeness (QED) is 0.0249. The molecule has 4 atom stereocenters. The number of H-pyrrole nitrogens is 4. The van der Waals surface area contributed by atoms with Gasteiger partial charge in [-0.05, 0) is 0 Å². The van der Waals surface area contributed by atoms with Crippen LogP contribution in [0.25, 0.3) is 0 Å². The maximum Gasteiger partial charge on any atom is 1.00 e. The molecule has 0 saturated heterocycles. The fraction of sp³-hybridized carbons (Fsp3) is 0.412. The van der Waals surface area contributed by atoms with E-state index in [1.165, 1.54) is 59.9 Å². The predicted molar refractivity (Wildman–Crippen MR) is 195 cm³/mol. The second-order valence-corrected chi connectivity index (χ2v) is 13.3. The largest absolute Gasteiger partial charge is 1.00 e. The van der Waals surface area contributed by atoms with E-state index >= 15 is 0 Å². The van der Waals surface area contributed by atoms with Gasteiger partial charge in [-0.2, -0.15) is 0 Å². The van der Waals surface area contributed by atoms with Crippen molar-refractivity contribution in [1.82, 2.24) is 70.9 Å². The van der Waals surface area contributed by atoms with Gasteiger partial charge in [0.05, 0.1) is 75.5 Å². The number of carboxylic acids is 4. The molecule has 4 unspecified atom stereocenters. The molecule has 0 aliphatic carbocycles. The summed E-state index contributed by atoms with van der Waals surface area (Å²) in [5.74, 6) is -9.65. The molecule has 322 valence electrons. The van der Waals surface area contributed by atoms with E-state index in [0.29, 0.717) is 22.8 Å². The van der Waals surface area contributed by atoms with Crippen LogP contribution in [0.4, 0.5) is 0 Å². The molecule has 28 heteroatoms. The Hall–Kier alpha value is -5.48. The summed E-state index contributed by atoms with van der Waals surface area (Å²) in [5.41, 5.74) is 1.48. The number of hydrogen-bond acceptors (Lipinski definition) is 16. The fourth-order valence-electron chi connectivity index (χ4n) is 5.73. The van der Waals surface area contributed by atoms with Crippen molar-refractivity contribution in [3.63, 3.8) is 0 Å². The van der Waals surface area contributed by atoms with Crippen molar-refractivity contribution < 1.29 is 118 Å². The van der Waals surface area contributed by atoms with Crippen molar-refractivity contribution in [3.05, 3.63) is 72.9 Å². The average molecular weight is 885 g/mol. The summed E-state index contributed by atoms with van der Waals surface area (Å²) in [6.45, 7) is -3.33. The average Bonchev–Trinajstić information content (AvgIpc) is 4.03. The SMILES string of the molecule is O=C(CN(CCN(CC(=O)NC(Cc1cnc[nH]1)C(=O)[O-])CC(=O)NC(Cc1cnc[nH]1)C(=O)O)CC(=O)NC(Cc1cnc[nH]1)C(=O)O)NC(Cc1cnc[nH]1)C(=O)[O-].[Na+].[Na+]. The molecule has 4 rings (SSSR count). The minimum atomic E-state index is -1.64. The van der Waals surface area contributed by atoms with Crippen LogP contribution in [0.5, 0.6) is 0 Å². The summed E-state index contributed by atoms with van der Waals surface area (Å²) in [6, 6.07) is -6.00. The van der Waals surface area contributed by atoms with Gasteiger partial charge in [0.25, 0.3) is 0 Å². The van der Waals surface area contributed by atoms with Gasteiger partial charge in [0.15, 0.2) is 0 Å². The minimum absolute atomic E-state index is 0. The Labute approximate surface area is 395 Å². The zero-order valence-electron chi connectivity index (χ0n) is 33.7. The number of rotatable bonds is 27. The molecule has 0 aliphatic rings. The number of carbonyl (C=O) groups is 8. The first-order chi connectivity index (χ1) is 28.6. The molecule has 0 spiro atoms. The number of nitrogens with one attached hydrogen (secondary N) is 8. The molecule has 4 aromatic rings. The first-order valence-corrected chi connectivity index (χ1v) is 18.0. The Morgan fingerprint density at radius 3 is 0.935 bits per heavy atom. The molecule has 4 amide bonds. The molecular weight excluding hydrogens is 842 g/mol. The van der Waals surface area contributed by atoms with E-state index in [4.69, 9.17) is 0 Å². The minimum Gasteiger partial charge on any atom is -0.548 e. The summed E-state index contributed by atoms with van der Waals surface area (Å²) >= 11 is 0. The Morgan fingerprint density at radius 2 is 0.726 bits per heavy atom. The van der Waals surface area contributed by atoms with Gasteiger partial charge in [0.2, 0.25) is 23.6 Å². The Morgan fingerprint density at radius 1 is 0.484 bits per heavy atom. The summed E-state index contributed by atoms with van der Waals surface area (Å²) < 4.78 is 0. The molecule has 0 aromatic carbocycles.